The number of hydrogen-bond acceptors (Lipinski definition) is 5. The van der Waals surface area contributed by atoms with Crippen LogP contribution in [0, 0.1) is 0 Å². The first kappa shape index (κ1) is 14.2. The lowest BCUT2D eigenvalue weighted by Gasteiger charge is -2.10. The molecule has 2 N–H and O–H groups in total. The number of nitrogens with two attached hydrogens (primary N) is 1. The number of anilines is 1. The zero-order valence-corrected chi connectivity index (χ0v) is 12.7. The molecule has 2 rings (SSSR count). The fourth-order valence-corrected chi connectivity index (χ4v) is 2.39. The summed E-state index contributed by atoms with van der Waals surface area (Å²) in [5.41, 5.74) is 6.13. The van der Waals surface area contributed by atoms with E-state index in [9.17, 15) is 0 Å². The van der Waals surface area contributed by atoms with Crippen molar-refractivity contribution in [2.75, 3.05) is 5.73 Å². The van der Waals surface area contributed by atoms with Crippen molar-refractivity contribution in [3.05, 3.63) is 34.9 Å². The van der Waals surface area contributed by atoms with E-state index in [1.165, 1.54) is 0 Å². The molecule has 19 heavy (non-hydrogen) atoms. The van der Waals surface area contributed by atoms with Crippen molar-refractivity contribution in [1.82, 2.24) is 10.1 Å². The van der Waals surface area contributed by atoms with Gasteiger partial charge in [-0.15, -0.1) is 11.8 Å². The Morgan fingerprint density at radius 1 is 1.37 bits per heavy atom. The van der Waals surface area contributed by atoms with E-state index in [-0.39, 0.29) is 5.41 Å². The van der Waals surface area contributed by atoms with Gasteiger partial charge in [0.2, 0.25) is 5.89 Å². The van der Waals surface area contributed by atoms with Gasteiger partial charge in [0, 0.05) is 10.3 Å². The van der Waals surface area contributed by atoms with Crippen molar-refractivity contribution in [2.24, 2.45) is 0 Å². The van der Waals surface area contributed by atoms with E-state index >= 15 is 0 Å². The summed E-state index contributed by atoms with van der Waals surface area (Å²) in [7, 11) is 0. The Hall–Kier alpha value is -1.20. The molecule has 0 aliphatic heterocycles. The number of nitrogen functional groups attached to an aromatic ring is 1. The lowest BCUT2D eigenvalue weighted by molar-refractivity contribution is 0.319. The summed E-state index contributed by atoms with van der Waals surface area (Å²) in [4.78, 5) is 5.41. The second-order valence-electron chi connectivity index (χ2n) is 5.24. The third-order valence-corrected chi connectivity index (χ3v) is 3.77. The number of thioether (sulfide) groups is 1. The lowest BCUT2D eigenvalue weighted by atomic mass is 9.97. The molecule has 4 nitrogen and oxygen atoms in total. The maximum absolute atomic E-state index is 5.97. The van der Waals surface area contributed by atoms with Crippen LogP contribution in [0.1, 0.15) is 32.5 Å². The highest BCUT2D eigenvalue weighted by Gasteiger charge is 2.21. The second-order valence-corrected chi connectivity index (χ2v) is 6.69. The molecule has 0 aliphatic rings. The van der Waals surface area contributed by atoms with Gasteiger partial charge in [0.15, 0.2) is 5.82 Å². The van der Waals surface area contributed by atoms with Crippen LogP contribution in [0.25, 0.3) is 0 Å². The van der Waals surface area contributed by atoms with Crippen LogP contribution in [0.4, 0.5) is 5.69 Å². The molecule has 0 amide bonds. The van der Waals surface area contributed by atoms with Crippen LogP contribution in [0.15, 0.2) is 27.6 Å². The predicted molar refractivity (Wildman–Crippen MR) is 78.4 cm³/mol. The first-order valence-electron chi connectivity index (χ1n) is 5.87. The van der Waals surface area contributed by atoms with Crippen molar-refractivity contribution in [3.63, 3.8) is 0 Å². The van der Waals surface area contributed by atoms with E-state index in [0.29, 0.717) is 28.2 Å². The van der Waals surface area contributed by atoms with Gasteiger partial charge in [-0.1, -0.05) is 37.5 Å². The van der Waals surface area contributed by atoms with Crippen molar-refractivity contribution in [2.45, 2.75) is 36.8 Å². The fraction of sp³-hybridized carbons (Fsp3) is 0.385. The first-order chi connectivity index (χ1) is 8.86. The molecular weight excluding hydrogens is 282 g/mol. The van der Waals surface area contributed by atoms with E-state index in [0.717, 1.165) is 4.90 Å². The third kappa shape index (κ3) is 3.64. The van der Waals surface area contributed by atoms with Gasteiger partial charge >= 0.3 is 0 Å². The summed E-state index contributed by atoms with van der Waals surface area (Å²) in [6.45, 7) is 6.12. The smallest absolute Gasteiger partial charge is 0.232 e. The molecule has 0 atom stereocenters. The Labute approximate surface area is 121 Å². The molecule has 0 saturated heterocycles. The van der Waals surface area contributed by atoms with E-state index in [1.807, 2.05) is 32.9 Å². The van der Waals surface area contributed by atoms with E-state index in [2.05, 4.69) is 10.1 Å². The van der Waals surface area contributed by atoms with Gasteiger partial charge in [-0.2, -0.15) is 4.98 Å². The summed E-state index contributed by atoms with van der Waals surface area (Å²) in [6, 6.07) is 5.56. The molecule has 2 aromatic rings. The van der Waals surface area contributed by atoms with Crippen molar-refractivity contribution >= 4 is 29.1 Å². The molecule has 0 fully saturated rings. The second kappa shape index (κ2) is 5.43. The zero-order valence-electron chi connectivity index (χ0n) is 11.1. The number of nitrogens with zero attached hydrogens (tertiary/aromatic N) is 2. The maximum Gasteiger partial charge on any atom is 0.232 e. The van der Waals surface area contributed by atoms with Crippen LogP contribution in [0.2, 0.25) is 5.02 Å². The molecule has 0 aliphatic carbocycles. The molecule has 6 heteroatoms. The number of aromatic nitrogens is 2. The first-order valence-corrected chi connectivity index (χ1v) is 7.23. The fourth-order valence-electron chi connectivity index (χ4n) is 1.36. The van der Waals surface area contributed by atoms with Crippen LogP contribution in [0.3, 0.4) is 0 Å². The Morgan fingerprint density at radius 3 is 2.68 bits per heavy atom. The molecule has 0 unspecified atom stereocenters. The van der Waals surface area contributed by atoms with Gasteiger partial charge in [0.25, 0.3) is 0 Å². The summed E-state index contributed by atoms with van der Waals surface area (Å²) < 4.78 is 5.24. The van der Waals surface area contributed by atoms with Crippen LogP contribution in [-0.2, 0) is 11.2 Å². The average Bonchev–Trinajstić information content (AvgIpc) is 2.79. The molecule has 0 saturated carbocycles. The number of rotatable bonds is 3. The highest BCUT2D eigenvalue weighted by molar-refractivity contribution is 7.98. The van der Waals surface area contributed by atoms with Gasteiger partial charge in [-0.25, -0.2) is 0 Å². The van der Waals surface area contributed by atoms with Crippen LogP contribution < -0.4 is 5.73 Å². The van der Waals surface area contributed by atoms with Crippen molar-refractivity contribution in [1.29, 1.82) is 0 Å². The summed E-state index contributed by atoms with van der Waals surface area (Å²) in [6.07, 6.45) is 0. The quantitative estimate of drug-likeness (QED) is 0.687. The maximum atomic E-state index is 5.97. The lowest BCUT2D eigenvalue weighted by Crippen LogP contribution is -2.11. The average molecular weight is 298 g/mol. The van der Waals surface area contributed by atoms with Crippen LogP contribution in [-0.4, -0.2) is 10.1 Å². The van der Waals surface area contributed by atoms with E-state index < -0.39 is 0 Å². The van der Waals surface area contributed by atoms with Gasteiger partial charge in [-0.05, 0) is 18.2 Å². The van der Waals surface area contributed by atoms with Crippen molar-refractivity contribution < 1.29 is 4.52 Å². The minimum Gasteiger partial charge on any atom is -0.398 e. The summed E-state index contributed by atoms with van der Waals surface area (Å²) >= 11 is 7.57. The molecule has 1 heterocycles. The van der Waals surface area contributed by atoms with E-state index in [4.69, 9.17) is 21.9 Å². The third-order valence-electron chi connectivity index (χ3n) is 2.45. The van der Waals surface area contributed by atoms with Gasteiger partial charge in [0.1, 0.15) is 0 Å². The Kier molecular flexibility index (Phi) is 4.06. The molecule has 1 aromatic carbocycles. The zero-order chi connectivity index (χ0) is 14.0. The number of hydrogen-bond donors (Lipinski definition) is 1. The number of benzene rings is 1. The highest BCUT2D eigenvalue weighted by atomic mass is 35.5. The minimum atomic E-state index is -0.125. The standard InChI is InChI=1S/C13H16ClN3OS/c1-13(2,3)12-16-11(17-18-12)7-19-8-4-5-10(15)9(14)6-8/h4-6H,7,15H2,1-3H3. The Bertz CT molecular complexity index is 578. The Morgan fingerprint density at radius 2 is 2.11 bits per heavy atom. The molecular formula is C13H16ClN3OS. The monoisotopic (exact) mass is 297 g/mol. The molecule has 0 radical (unpaired) electrons. The normalized spacial score (nSPS) is 11.8. The minimum absolute atomic E-state index is 0.125. The molecule has 1 aromatic heterocycles. The molecule has 0 bridgehead atoms. The summed E-state index contributed by atoms with van der Waals surface area (Å²) in [5.74, 6) is 1.97. The van der Waals surface area contributed by atoms with Gasteiger partial charge < -0.3 is 10.3 Å². The topological polar surface area (TPSA) is 64.9 Å². The largest absolute Gasteiger partial charge is 0.398 e. The molecule has 0 spiro atoms. The Balaban J connectivity index is 2.02. The number of halogens is 1. The van der Waals surface area contributed by atoms with Crippen LogP contribution >= 0.6 is 23.4 Å². The van der Waals surface area contributed by atoms with E-state index in [1.54, 1.807) is 17.8 Å². The predicted octanol–water partition coefficient (Wildman–Crippen LogP) is 3.90. The highest BCUT2D eigenvalue weighted by Crippen LogP contribution is 2.28. The van der Waals surface area contributed by atoms with Crippen molar-refractivity contribution in [3.8, 4) is 0 Å². The molecule has 102 valence electrons. The van der Waals surface area contributed by atoms with Gasteiger partial charge in [-0.3, -0.25) is 0 Å². The van der Waals surface area contributed by atoms with Crippen LogP contribution in [0.5, 0.6) is 0 Å². The SMILES string of the molecule is CC(C)(C)c1nc(CSc2ccc(N)c(Cl)c2)no1. The summed E-state index contributed by atoms with van der Waals surface area (Å²) in [5, 5.41) is 4.54. The van der Waals surface area contributed by atoms with Gasteiger partial charge in [0.05, 0.1) is 16.5 Å².